The first-order chi connectivity index (χ1) is 15.1. The molecule has 0 saturated heterocycles. The van der Waals surface area contributed by atoms with Crippen molar-refractivity contribution in [2.45, 2.75) is 0 Å². The van der Waals surface area contributed by atoms with E-state index in [1.165, 1.54) is 6.07 Å². The number of aromatic nitrogens is 2. The Kier molecular flexibility index (Phi) is 5.40. The molecule has 0 spiro atoms. The van der Waals surface area contributed by atoms with Crippen molar-refractivity contribution < 1.29 is 9.59 Å². The summed E-state index contributed by atoms with van der Waals surface area (Å²) in [6.07, 6.45) is 0. The van der Waals surface area contributed by atoms with Gasteiger partial charge in [-0.1, -0.05) is 72.8 Å². The van der Waals surface area contributed by atoms with Gasteiger partial charge in [-0.05, 0) is 17.7 Å². The largest absolute Gasteiger partial charge is 0.366 e. The minimum atomic E-state index is -0.687. The molecule has 3 aromatic carbocycles. The molecule has 0 saturated carbocycles. The molecule has 0 aliphatic rings. The Morgan fingerprint density at radius 3 is 2.03 bits per heavy atom. The maximum Gasteiger partial charge on any atom is 0.277 e. The van der Waals surface area contributed by atoms with Crippen LogP contribution in [-0.4, -0.2) is 22.0 Å². The van der Waals surface area contributed by atoms with Crippen molar-refractivity contribution in [3.63, 3.8) is 0 Å². The van der Waals surface area contributed by atoms with Crippen LogP contribution in [-0.2, 0) is 0 Å². The second kappa shape index (κ2) is 8.46. The molecule has 0 atom stereocenters. The summed E-state index contributed by atoms with van der Waals surface area (Å²) < 4.78 is 0. The van der Waals surface area contributed by atoms with E-state index in [1.54, 1.807) is 30.3 Å². The normalized spacial score (nSPS) is 10.5. The van der Waals surface area contributed by atoms with Crippen LogP contribution in [0.15, 0.2) is 89.7 Å². The summed E-state index contributed by atoms with van der Waals surface area (Å²) in [5.74, 6) is -1.36. The van der Waals surface area contributed by atoms with Gasteiger partial charge in [0.25, 0.3) is 17.4 Å². The average Bonchev–Trinajstić information content (AvgIpc) is 2.80. The van der Waals surface area contributed by atoms with Gasteiger partial charge in [0.05, 0.1) is 16.9 Å². The molecule has 4 N–H and O–H groups in total. The van der Waals surface area contributed by atoms with Gasteiger partial charge in [0.1, 0.15) is 5.56 Å². The van der Waals surface area contributed by atoms with E-state index in [9.17, 15) is 14.4 Å². The van der Waals surface area contributed by atoms with Gasteiger partial charge in [-0.25, -0.2) is 5.10 Å². The number of primary amides is 1. The van der Waals surface area contributed by atoms with Crippen molar-refractivity contribution in [3.8, 4) is 22.4 Å². The molecule has 1 aromatic heterocycles. The number of carbonyl (C=O) groups excluding carboxylic acids is 2. The third-order valence-corrected chi connectivity index (χ3v) is 4.76. The Bertz CT molecular complexity index is 1320. The zero-order valence-electron chi connectivity index (χ0n) is 16.3. The topological polar surface area (TPSA) is 118 Å². The summed E-state index contributed by atoms with van der Waals surface area (Å²) in [7, 11) is 0. The molecule has 0 aliphatic carbocycles. The monoisotopic (exact) mass is 410 g/mol. The van der Waals surface area contributed by atoms with Gasteiger partial charge in [-0.3, -0.25) is 14.4 Å². The van der Waals surface area contributed by atoms with Crippen LogP contribution in [0.3, 0.4) is 0 Å². The molecule has 1 heterocycles. The second-order valence-corrected chi connectivity index (χ2v) is 6.75. The molecular formula is C24H18N4O3. The Balaban J connectivity index is 1.91. The number of benzene rings is 3. The Morgan fingerprint density at radius 1 is 0.806 bits per heavy atom. The number of hydrogen-bond donors (Lipinski definition) is 3. The zero-order valence-corrected chi connectivity index (χ0v) is 16.3. The molecule has 0 bridgehead atoms. The van der Waals surface area contributed by atoms with Crippen molar-refractivity contribution in [1.29, 1.82) is 0 Å². The number of para-hydroxylation sites is 1. The fraction of sp³-hybridized carbons (Fsp3) is 0. The van der Waals surface area contributed by atoms with Crippen LogP contribution in [0.2, 0.25) is 0 Å². The van der Waals surface area contributed by atoms with Crippen molar-refractivity contribution >= 4 is 17.5 Å². The Labute approximate surface area is 177 Å². The number of nitrogens with zero attached hydrogens (tertiary/aromatic N) is 1. The molecule has 0 unspecified atom stereocenters. The SMILES string of the molecule is NC(=O)c1ccccc1NC(=O)c1c(-c2ccccc2)c(-c2ccccc2)n[nH]c1=O. The lowest BCUT2D eigenvalue weighted by molar-refractivity contribution is 0.100. The Hall–Kier alpha value is -4.52. The maximum absolute atomic E-state index is 13.3. The summed E-state index contributed by atoms with van der Waals surface area (Å²) in [4.78, 5) is 37.8. The predicted molar refractivity (Wildman–Crippen MR) is 119 cm³/mol. The van der Waals surface area contributed by atoms with Crippen LogP contribution in [0.1, 0.15) is 20.7 Å². The first-order valence-electron chi connectivity index (χ1n) is 9.50. The molecule has 0 radical (unpaired) electrons. The van der Waals surface area contributed by atoms with Crippen LogP contribution >= 0.6 is 0 Å². The van der Waals surface area contributed by atoms with Gasteiger partial charge in [0, 0.05) is 11.1 Å². The number of amides is 2. The number of aromatic amines is 1. The van der Waals surface area contributed by atoms with Crippen molar-refractivity contribution in [2.75, 3.05) is 5.32 Å². The third-order valence-electron chi connectivity index (χ3n) is 4.76. The van der Waals surface area contributed by atoms with Crippen molar-refractivity contribution in [1.82, 2.24) is 10.2 Å². The fourth-order valence-electron chi connectivity index (χ4n) is 3.35. The first-order valence-corrected chi connectivity index (χ1v) is 9.50. The van der Waals surface area contributed by atoms with E-state index in [2.05, 4.69) is 15.5 Å². The number of rotatable bonds is 5. The number of carbonyl (C=O) groups is 2. The molecule has 4 rings (SSSR count). The average molecular weight is 410 g/mol. The van der Waals surface area contributed by atoms with Crippen LogP contribution < -0.4 is 16.6 Å². The highest BCUT2D eigenvalue weighted by Crippen LogP contribution is 2.32. The van der Waals surface area contributed by atoms with Crippen molar-refractivity contribution in [3.05, 3.63) is 106 Å². The number of nitrogens with two attached hydrogens (primary N) is 1. The standard InChI is InChI=1S/C24H18N4O3/c25-22(29)17-13-7-8-14-18(17)26-23(30)20-19(15-9-3-1-4-10-15)21(27-28-24(20)31)16-11-5-2-6-12-16/h1-14H,(H2,25,29)(H,26,30)(H,28,31). The van der Waals surface area contributed by atoms with Gasteiger partial charge in [0.15, 0.2) is 0 Å². The van der Waals surface area contributed by atoms with Crippen molar-refractivity contribution in [2.24, 2.45) is 5.73 Å². The summed E-state index contributed by atoms with van der Waals surface area (Å²) >= 11 is 0. The van der Waals surface area contributed by atoms with E-state index in [0.717, 1.165) is 5.56 Å². The van der Waals surface area contributed by atoms with E-state index in [-0.39, 0.29) is 16.8 Å². The zero-order chi connectivity index (χ0) is 21.8. The molecule has 0 fully saturated rings. The lowest BCUT2D eigenvalue weighted by Gasteiger charge is -2.14. The van der Waals surface area contributed by atoms with Crippen LogP contribution in [0, 0.1) is 0 Å². The molecule has 7 nitrogen and oxygen atoms in total. The first kappa shape index (κ1) is 19.8. The third kappa shape index (κ3) is 3.97. The van der Waals surface area contributed by atoms with Gasteiger partial charge >= 0.3 is 0 Å². The molecule has 4 aromatic rings. The minimum Gasteiger partial charge on any atom is -0.366 e. The highest BCUT2D eigenvalue weighted by atomic mass is 16.2. The number of anilines is 1. The Morgan fingerprint density at radius 2 is 1.39 bits per heavy atom. The molecule has 31 heavy (non-hydrogen) atoms. The summed E-state index contributed by atoms with van der Waals surface area (Å²) in [6, 6.07) is 24.7. The molecule has 0 aliphatic heterocycles. The van der Waals surface area contributed by atoms with Gasteiger partial charge in [0.2, 0.25) is 0 Å². The molecule has 152 valence electrons. The molecular weight excluding hydrogens is 392 g/mol. The van der Waals surface area contributed by atoms with Gasteiger partial charge in [-0.2, -0.15) is 5.10 Å². The smallest absolute Gasteiger partial charge is 0.277 e. The van der Waals surface area contributed by atoms with Crippen LogP contribution in [0.4, 0.5) is 5.69 Å². The molecule has 2 amide bonds. The van der Waals surface area contributed by atoms with Gasteiger partial charge < -0.3 is 11.1 Å². The number of H-pyrrole nitrogens is 1. The number of nitrogens with one attached hydrogen (secondary N) is 2. The van der Waals surface area contributed by atoms with Crippen LogP contribution in [0.5, 0.6) is 0 Å². The fourth-order valence-corrected chi connectivity index (χ4v) is 3.35. The van der Waals surface area contributed by atoms with E-state index in [0.29, 0.717) is 16.8 Å². The highest BCUT2D eigenvalue weighted by molar-refractivity contribution is 6.12. The lowest BCUT2D eigenvalue weighted by atomic mass is 9.95. The van der Waals surface area contributed by atoms with E-state index in [4.69, 9.17) is 5.73 Å². The van der Waals surface area contributed by atoms with Crippen LogP contribution in [0.25, 0.3) is 22.4 Å². The maximum atomic E-state index is 13.3. The van der Waals surface area contributed by atoms with E-state index in [1.807, 2.05) is 48.5 Å². The highest BCUT2D eigenvalue weighted by Gasteiger charge is 2.24. The minimum absolute atomic E-state index is 0.112. The molecule has 7 heteroatoms. The van der Waals surface area contributed by atoms with Gasteiger partial charge in [-0.15, -0.1) is 0 Å². The van der Waals surface area contributed by atoms with E-state index < -0.39 is 17.4 Å². The summed E-state index contributed by atoms with van der Waals surface area (Å²) in [6.45, 7) is 0. The predicted octanol–water partition coefficient (Wildman–Crippen LogP) is 3.46. The second-order valence-electron chi connectivity index (χ2n) is 6.75. The number of hydrogen-bond acceptors (Lipinski definition) is 4. The summed E-state index contributed by atoms with van der Waals surface area (Å²) in [5, 5.41) is 9.30. The van der Waals surface area contributed by atoms with E-state index >= 15 is 0 Å². The quantitative estimate of drug-likeness (QED) is 0.467. The lowest BCUT2D eigenvalue weighted by Crippen LogP contribution is -2.27. The summed E-state index contributed by atoms with van der Waals surface area (Å²) in [5.41, 5.74) is 7.27.